The topological polar surface area (TPSA) is 77.1 Å². The summed E-state index contributed by atoms with van der Waals surface area (Å²) >= 11 is 0. The Hall–Kier alpha value is -2.54. The third-order valence-electron chi connectivity index (χ3n) is 4.99. The zero-order valence-corrected chi connectivity index (χ0v) is 15.8. The number of ether oxygens (including phenoxy) is 3. The molecule has 2 aliphatic rings. The van der Waals surface area contributed by atoms with Gasteiger partial charge in [-0.15, -0.1) is 0 Å². The molecule has 0 radical (unpaired) electrons. The number of methoxy groups -OCH3 is 2. The fraction of sp³-hybridized carbons (Fsp3) is 0.500. The van der Waals surface area contributed by atoms with Crippen LogP contribution < -0.4 is 10.2 Å². The summed E-state index contributed by atoms with van der Waals surface area (Å²) in [6.07, 6.45) is 5.95. The smallest absolute Gasteiger partial charge is 0.355 e. The number of carbonyl (C=O) groups is 2. The Balaban J connectivity index is 1.98. The molecule has 27 heavy (non-hydrogen) atoms. The van der Waals surface area contributed by atoms with Crippen molar-refractivity contribution in [2.45, 2.75) is 38.1 Å². The molecular formula is C20H26N2O5. The number of hydrogen-bond donors (Lipinski definition) is 1. The summed E-state index contributed by atoms with van der Waals surface area (Å²) in [5.41, 5.74) is 1.99. The highest BCUT2D eigenvalue weighted by Gasteiger charge is 2.33. The van der Waals surface area contributed by atoms with Crippen LogP contribution in [-0.2, 0) is 23.8 Å². The van der Waals surface area contributed by atoms with Crippen LogP contribution in [0.15, 0.2) is 35.5 Å². The lowest BCUT2D eigenvalue weighted by molar-refractivity contribution is -0.140. The monoisotopic (exact) mass is 374 g/mol. The van der Waals surface area contributed by atoms with Crippen LogP contribution in [0, 0.1) is 0 Å². The molecule has 1 heterocycles. The van der Waals surface area contributed by atoms with E-state index in [1.54, 1.807) is 4.90 Å². The Morgan fingerprint density at radius 3 is 2.48 bits per heavy atom. The molecule has 1 fully saturated rings. The predicted molar refractivity (Wildman–Crippen MR) is 101 cm³/mol. The van der Waals surface area contributed by atoms with Crippen molar-refractivity contribution < 1.29 is 23.8 Å². The SMILES string of the molecule is COC(=O)C1=C(C(=O)OC)N(c2ccccc2NC2CCCCC2)COC1. The minimum atomic E-state index is -0.599. The largest absolute Gasteiger partial charge is 0.466 e. The number of nitrogens with one attached hydrogen (secondary N) is 1. The van der Waals surface area contributed by atoms with E-state index in [0.717, 1.165) is 24.2 Å². The van der Waals surface area contributed by atoms with Crippen LogP contribution in [0.1, 0.15) is 32.1 Å². The molecule has 3 rings (SSSR count). The van der Waals surface area contributed by atoms with Crippen molar-refractivity contribution in [1.82, 2.24) is 0 Å². The summed E-state index contributed by atoms with van der Waals surface area (Å²) in [7, 11) is 2.58. The van der Waals surface area contributed by atoms with Crippen LogP contribution in [0.5, 0.6) is 0 Å². The maximum Gasteiger partial charge on any atom is 0.355 e. The number of anilines is 2. The van der Waals surface area contributed by atoms with Gasteiger partial charge in [-0.05, 0) is 25.0 Å². The van der Waals surface area contributed by atoms with Gasteiger partial charge in [0.15, 0.2) is 0 Å². The molecule has 0 bridgehead atoms. The van der Waals surface area contributed by atoms with Crippen LogP contribution in [0.4, 0.5) is 11.4 Å². The molecule has 0 atom stereocenters. The minimum absolute atomic E-state index is 0.00578. The average molecular weight is 374 g/mol. The summed E-state index contributed by atoms with van der Waals surface area (Å²) in [4.78, 5) is 26.3. The Morgan fingerprint density at radius 1 is 1.07 bits per heavy atom. The van der Waals surface area contributed by atoms with E-state index in [-0.39, 0.29) is 24.6 Å². The van der Waals surface area contributed by atoms with Gasteiger partial charge in [0, 0.05) is 6.04 Å². The number of carbonyl (C=O) groups excluding carboxylic acids is 2. The first-order chi connectivity index (χ1) is 13.2. The molecule has 1 aliphatic carbocycles. The van der Waals surface area contributed by atoms with Crippen molar-refractivity contribution in [2.75, 3.05) is 37.8 Å². The van der Waals surface area contributed by atoms with Gasteiger partial charge in [0.25, 0.3) is 0 Å². The van der Waals surface area contributed by atoms with Gasteiger partial charge in [0.1, 0.15) is 12.4 Å². The van der Waals surface area contributed by atoms with Crippen molar-refractivity contribution in [3.8, 4) is 0 Å². The first-order valence-corrected chi connectivity index (χ1v) is 9.26. The van der Waals surface area contributed by atoms with E-state index in [1.807, 2.05) is 24.3 Å². The summed E-state index contributed by atoms with van der Waals surface area (Å²) in [6, 6.07) is 8.12. The van der Waals surface area contributed by atoms with Gasteiger partial charge in [-0.3, -0.25) is 0 Å². The second-order valence-electron chi connectivity index (χ2n) is 6.71. The van der Waals surface area contributed by atoms with Gasteiger partial charge in [-0.1, -0.05) is 31.4 Å². The van der Waals surface area contributed by atoms with Gasteiger partial charge in [0.2, 0.25) is 0 Å². The summed E-state index contributed by atoms with van der Waals surface area (Å²) in [5, 5.41) is 3.59. The van der Waals surface area contributed by atoms with E-state index in [9.17, 15) is 9.59 Å². The third-order valence-corrected chi connectivity index (χ3v) is 4.99. The van der Waals surface area contributed by atoms with Crippen molar-refractivity contribution >= 4 is 23.3 Å². The molecular weight excluding hydrogens is 348 g/mol. The lowest BCUT2D eigenvalue weighted by atomic mass is 9.95. The van der Waals surface area contributed by atoms with E-state index in [4.69, 9.17) is 14.2 Å². The molecule has 1 aliphatic heterocycles. The van der Waals surface area contributed by atoms with Crippen LogP contribution in [-0.4, -0.2) is 45.5 Å². The summed E-state index contributed by atoms with van der Waals surface area (Å²) < 4.78 is 15.3. The maximum atomic E-state index is 12.5. The number of benzene rings is 1. The van der Waals surface area contributed by atoms with Crippen molar-refractivity contribution in [1.29, 1.82) is 0 Å². The molecule has 1 aromatic rings. The fourth-order valence-corrected chi connectivity index (χ4v) is 3.63. The number of nitrogens with zero attached hydrogens (tertiary/aromatic N) is 1. The first kappa shape index (κ1) is 19.2. The lowest BCUT2D eigenvalue weighted by Gasteiger charge is -2.33. The number of hydrogen-bond acceptors (Lipinski definition) is 7. The Morgan fingerprint density at radius 2 is 1.78 bits per heavy atom. The van der Waals surface area contributed by atoms with Crippen molar-refractivity contribution in [3.63, 3.8) is 0 Å². The number of para-hydroxylation sites is 2. The molecule has 1 saturated carbocycles. The standard InChI is InChI=1S/C20H26N2O5/c1-25-19(23)15-12-27-13-22(18(15)20(24)26-2)17-11-7-6-10-16(17)21-14-8-4-3-5-9-14/h6-7,10-11,14,21H,3-5,8-9,12-13H2,1-2H3. The van der Waals surface area contributed by atoms with Gasteiger partial charge in [-0.25, -0.2) is 9.59 Å². The molecule has 0 saturated heterocycles. The number of rotatable bonds is 5. The molecule has 0 spiro atoms. The molecule has 0 aromatic heterocycles. The molecule has 1 aromatic carbocycles. The Bertz CT molecular complexity index is 725. The first-order valence-electron chi connectivity index (χ1n) is 9.26. The molecule has 146 valence electrons. The van der Waals surface area contributed by atoms with Crippen molar-refractivity contribution in [2.24, 2.45) is 0 Å². The van der Waals surface area contributed by atoms with E-state index < -0.39 is 11.9 Å². The molecule has 0 amide bonds. The van der Waals surface area contributed by atoms with E-state index in [0.29, 0.717) is 6.04 Å². The quantitative estimate of drug-likeness (QED) is 0.794. The van der Waals surface area contributed by atoms with E-state index in [2.05, 4.69) is 5.32 Å². The molecule has 0 unspecified atom stereocenters. The Labute approximate surface area is 159 Å². The second-order valence-corrected chi connectivity index (χ2v) is 6.71. The van der Waals surface area contributed by atoms with Gasteiger partial charge >= 0.3 is 11.9 Å². The zero-order chi connectivity index (χ0) is 19.2. The number of esters is 2. The highest BCUT2D eigenvalue weighted by atomic mass is 16.5. The van der Waals surface area contributed by atoms with Gasteiger partial charge < -0.3 is 24.4 Å². The normalized spacial score (nSPS) is 18.2. The maximum absolute atomic E-state index is 12.5. The van der Waals surface area contributed by atoms with Gasteiger partial charge in [0.05, 0.1) is 37.8 Å². The fourth-order valence-electron chi connectivity index (χ4n) is 3.63. The highest BCUT2D eigenvalue weighted by Crippen LogP contribution is 2.34. The van der Waals surface area contributed by atoms with E-state index in [1.165, 1.54) is 33.5 Å². The van der Waals surface area contributed by atoms with Crippen LogP contribution in [0.2, 0.25) is 0 Å². The predicted octanol–water partition coefficient (Wildman–Crippen LogP) is 2.83. The van der Waals surface area contributed by atoms with Gasteiger partial charge in [-0.2, -0.15) is 0 Å². The molecule has 7 heteroatoms. The zero-order valence-electron chi connectivity index (χ0n) is 15.8. The minimum Gasteiger partial charge on any atom is -0.466 e. The van der Waals surface area contributed by atoms with Crippen LogP contribution >= 0.6 is 0 Å². The highest BCUT2D eigenvalue weighted by molar-refractivity contribution is 6.04. The molecule has 1 N–H and O–H groups in total. The summed E-state index contributed by atoms with van der Waals surface area (Å²) in [6.45, 7) is 0.153. The molecule has 7 nitrogen and oxygen atoms in total. The average Bonchev–Trinajstić information content (AvgIpc) is 2.73. The second kappa shape index (κ2) is 8.90. The van der Waals surface area contributed by atoms with Crippen LogP contribution in [0.3, 0.4) is 0 Å². The van der Waals surface area contributed by atoms with Crippen LogP contribution in [0.25, 0.3) is 0 Å². The third kappa shape index (κ3) is 4.24. The lowest BCUT2D eigenvalue weighted by Crippen LogP contribution is -2.39. The van der Waals surface area contributed by atoms with Crippen molar-refractivity contribution in [3.05, 3.63) is 35.5 Å². The Kier molecular flexibility index (Phi) is 6.34. The summed E-state index contributed by atoms with van der Waals surface area (Å²) in [5.74, 6) is -1.19. The van der Waals surface area contributed by atoms with E-state index >= 15 is 0 Å².